The quantitative estimate of drug-likeness (QED) is 0.631. The lowest BCUT2D eigenvalue weighted by molar-refractivity contribution is -0.527. The van der Waals surface area contributed by atoms with Crippen molar-refractivity contribution in [2.24, 2.45) is 0 Å². The van der Waals surface area contributed by atoms with Crippen LogP contribution in [0.15, 0.2) is 30.3 Å². The molecule has 21 heavy (non-hydrogen) atoms. The first-order valence-electron chi connectivity index (χ1n) is 8.16. The van der Waals surface area contributed by atoms with Crippen LogP contribution in [0.5, 0.6) is 0 Å². The molecule has 1 saturated carbocycles. The van der Waals surface area contributed by atoms with E-state index in [2.05, 4.69) is 35.2 Å². The minimum Gasteiger partial charge on any atom is -0.287 e. The molecule has 1 atom stereocenters. The predicted octanol–water partition coefficient (Wildman–Crippen LogP) is 3.59. The van der Waals surface area contributed by atoms with E-state index in [0.717, 1.165) is 32.2 Å². The van der Waals surface area contributed by atoms with E-state index in [-0.39, 0.29) is 16.5 Å². The summed E-state index contributed by atoms with van der Waals surface area (Å²) in [6, 6.07) is 10.3. The lowest BCUT2D eigenvalue weighted by Crippen LogP contribution is -2.54. The minimum atomic E-state index is -0.388. The molecule has 1 aromatic carbocycles. The summed E-state index contributed by atoms with van der Waals surface area (Å²) in [5.41, 5.74) is 1.39. The van der Waals surface area contributed by atoms with Gasteiger partial charge in [0.25, 0.3) is 0 Å². The molecule has 2 fully saturated rings. The Labute approximate surface area is 126 Å². The molecule has 0 bridgehead atoms. The fourth-order valence-corrected chi connectivity index (χ4v) is 4.19. The SMILES string of the molecule is O=[N+]([O-])C1CCCN(C2(c3ccccc3)CCCCC2)C1. The van der Waals surface area contributed by atoms with E-state index in [0.29, 0.717) is 6.54 Å². The molecule has 1 aliphatic heterocycles. The van der Waals surface area contributed by atoms with Crippen molar-refractivity contribution < 1.29 is 4.92 Å². The average Bonchev–Trinajstić information content (AvgIpc) is 2.56. The van der Waals surface area contributed by atoms with Crippen LogP contribution in [0.1, 0.15) is 50.5 Å². The van der Waals surface area contributed by atoms with Gasteiger partial charge in [-0.2, -0.15) is 0 Å². The maximum absolute atomic E-state index is 11.2. The van der Waals surface area contributed by atoms with Gasteiger partial charge in [-0.15, -0.1) is 0 Å². The molecule has 4 nitrogen and oxygen atoms in total. The second kappa shape index (κ2) is 6.14. The highest BCUT2D eigenvalue weighted by Crippen LogP contribution is 2.43. The summed E-state index contributed by atoms with van der Waals surface area (Å²) in [5, 5.41) is 11.2. The van der Waals surface area contributed by atoms with E-state index in [1.54, 1.807) is 0 Å². The third kappa shape index (κ3) is 2.82. The number of rotatable bonds is 3. The Bertz CT molecular complexity index is 483. The molecule has 1 aliphatic carbocycles. The first-order valence-corrected chi connectivity index (χ1v) is 8.16. The molecule has 3 rings (SSSR count). The van der Waals surface area contributed by atoms with Crippen molar-refractivity contribution in [1.29, 1.82) is 0 Å². The zero-order chi connectivity index (χ0) is 14.7. The monoisotopic (exact) mass is 288 g/mol. The number of benzene rings is 1. The lowest BCUT2D eigenvalue weighted by Gasteiger charge is -2.48. The van der Waals surface area contributed by atoms with Gasteiger partial charge in [-0.1, -0.05) is 49.6 Å². The summed E-state index contributed by atoms with van der Waals surface area (Å²) < 4.78 is 0. The van der Waals surface area contributed by atoms with Gasteiger partial charge in [0.15, 0.2) is 0 Å². The number of piperidine rings is 1. The van der Waals surface area contributed by atoms with Crippen LogP contribution < -0.4 is 0 Å². The number of hydrogen-bond acceptors (Lipinski definition) is 3. The van der Waals surface area contributed by atoms with Crippen LogP contribution in [0, 0.1) is 10.1 Å². The first-order chi connectivity index (χ1) is 10.2. The zero-order valence-electron chi connectivity index (χ0n) is 12.5. The van der Waals surface area contributed by atoms with Crippen LogP contribution in [0.25, 0.3) is 0 Å². The van der Waals surface area contributed by atoms with Gasteiger partial charge in [0.2, 0.25) is 6.04 Å². The molecular weight excluding hydrogens is 264 g/mol. The van der Waals surface area contributed by atoms with Gasteiger partial charge in [0.1, 0.15) is 0 Å². The molecule has 0 aromatic heterocycles. The Morgan fingerprint density at radius 2 is 1.81 bits per heavy atom. The number of hydrogen-bond donors (Lipinski definition) is 0. The van der Waals surface area contributed by atoms with Crippen molar-refractivity contribution in [3.05, 3.63) is 46.0 Å². The number of nitro groups is 1. The van der Waals surface area contributed by atoms with Crippen molar-refractivity contribution in [2.75, 3.05) is 13.1 Å². The van der Waals surface area contributed by atoms with E-state index in [1.807, 2.05) is 0 Å². The van der Waals surface area contributed by atoms with Crippen LogP contribution in [-0.4, -0.2) is 29.0 Å². The lowest BCUT2D eigenvalue weighted by atomic mass is 9.74. The number of nitrogens with zero attached hydrogens (tertiary/aromatic N) is 2. The average molecular weight is 288 g/mol. The molecule has 0 N–H and O–H groups in total. The van der Waals surface area contributed by atoms with Crippen LogP contribution >= 0.6 is 0 Å². The van der Waals surface area contributed by atoms with Gasteiger partial charge in [0.05, 0.1) is 6.54 Å². The van der Waals surface area contributed by atoms with Gasteiger partial charge in [-0.3, -0.25) is 15.0 Å². The van der Waals surface area contributed by atoms with Crippen molar-refractivity contribution in [3.8, 4) is 0 Å². The molecular formula is C17H24N2O2. The van der Waals surface area contributed by atoms with Gasteiger partial charge in [-0.05, 0) is 31.4 Å². The van der Waals surface area contributed by atoms with Gasteiger partial charge in [-0.25, -0.2) is 0 Å². The molecule has 1 unspecified atom stereocenters. The third-order valence-electron chi connectivity index (χ3n) is 5.29. The van der Waals surface area contributed by atoms with Gasteiger partial charge in [0, 0.05) is 16.9 Å². The Balaban J connectivity index is 1.90. The molecule has 1 heterocycles. The molecule has 0 radical (unpaired) electrons. The Kier molecular flexibility index (Phi) is 4.24. The summed E-state index contributed by atoms with van der Waals surface area (Å²) in [4.78, 5) is 13.6. The van der Waals surface area contributed by atoms with Crippen molar-refractivity contribution in [2.45, 2.75) is 56.5 Å². The fraction of sp³-hybridized carbons (Fsp3) is 0.647. The minimum absolute atomic E-state index is 0.0359. The zero-order valence-corrected chi connectivity index (χ0v) is 12.5. The largest absolute Gasteiger partial charge is 0.287 e. The van der Waals surface area contributed by atoms with E-state index in [9.17, 15) is 10.1 Å². The fourth-order valence-electron chi connectivity index (χ4n) is 4.19. The molecule has 1 aromatic rings. The molecule has 2 aliphatic rings. The molecule has 0 amide bonds. The molecule has 4 heteroatoms. The van der Waals surface area contributed by atoms with Gasteiger partial charge >= 0.3 is 0 Å². The highest BCUT2D eigenvalue weighted by Gasteiger charge is 2.43. The van der Waals surface area contributed by atoms with Crippen LogP contribution in [0.2, 0.25) is 0 Å². The van der Waals surface area contributed by atoms with Crippen LogP contribution in [0.3, 0.4) is 0 Å². The van der Waals surface area contributed by atoms with Crippen LogP contribution in [-0.2, 0) is 5.54 Å². The highest BCUT2D eigenvalue weighted by atomic mass is 16.6. The maximum Gasteiger partial charge on any atom is 0.225 e. The molecule has 114 valence electrons. The standard InChI is InChI=1S/C17H24N2O2/c20-19(21)16-10-7-13-18(14-16)17(11-5-2-6-12-17)15-8-3-1-4-9-15/h1,3-4,8-9,16H,2,5-7,10-14H2. The maximum atomic E-state index is 11.2. The summed E-state index contributed by atoms with van der Waals surface area (Å²) in [5.74, 6) is 0. The van der Waals surface area contributed by atoms with Crippen molar-refractivity contribution >= 4 is 0 Å². The Morgan fingerprint density at radius 3 is 2.48 bits per heavy atom. The highest BCUT2D eigenvalue weighted by molar-refractivity contribution is 5.25. The molecule has 1 saturated heterocycles. The Hall–Kier alpha value is -1.42. The summed E-state index contributed by atoms with van der Waals surface area (Å²) in [6.45, 7) is 1.61. The van der Waals surface area contributed by atoms with E-state index in [1.165, 1.54) is 24.8 Å². The van der Waals surface area contributed by atoms with E-state index >= 15 is 0 Å². The summed E-state index contributed by atoms with van der Waals surface area (Å²) in [6.07, 6.45) is 7.71. The third-order valence-corrected chi connectivity index (χ3v) is 5.29. The van der Waals surface area contributed by atoms with E-state index < -0.39 is 0 Å². The van der Waals surface area contributed by atoms with E-state index in [4.69, 9.17) is 0 Å². The predicted molar refractivity (Wildman–Crippen MR) is 82.8 cm³/mol. The second-order valence-corrected chi connectivity index (χ2v) is 6.49. The number of likely N-dealkylation sites (tertiary alicyclic amines) is 1. The smallest absolute Gasteiger partial charge is 0.225 e. The summed E-state index contributed by atoms with van der Waals surface area (Å²) >= 11 is 0. The van der Waals surface area contributed by atoms with Crippen LogP contribution in [0.4, 0.5) is 0 Å². The Morgan fingerprint density at radius 1 is 1.10 bits per heavy atom. The molecule has 0 spiro atoms. The normalized spacial score (nSPS) is 26.4. The van der Waals surface area contributed by atoms with Crippen molar-refractivity contribution in [1.82, 2.24) is 4.90 Å². The van der Waals surface area contributed by atoms with Crippen molar-refractivity contribution in [3.63, 3.8) is 0 Å². The first kappa shape index (κ1) is 14.5. The second-order valence-electron chi connectivity index (χ2n) is 6.49. The van der Waals surface area contributed by atoms with Gasteiger partial charge < -0.3 is 0 Å². The summed E-state index contributed by atoms with van der Waals surface area (Å²) in [7, 11) is 0. The topological polar surface area (TPSA) is 46.4 Å².